The van der Waals surface area contributed by atoms with Gasteiger partial charge in [-0.1, -0.05) is 121 Å². The van der Waals surface area contributed by atoms with Crippen LogP contribution in [-0.4, -0.2) is 24.9 Å². The lowest BCUT2D eigenvalue weighted by atomic mass is 9.83. The molecule has 5 nitrogen and oxygen atoms in total. The van der Waals surface area contributed by atoms with Gasteiger partial charge in [0.1, 0.15) is 5.82 Å². The molecule has 236 valence electrons. The van der Waals surface area contributed by atoms with E-state index >= 15 is 0 Å². The summed E-state index contributed by atoms with van der Waals surface area (Å²) in [7, 11) is 0. The van der Waals surface area contributed by atoms with Crippen LogP contribution in [-0.2, 0) is 5.41 Å². The van der Waals surface area contributed by atoms with Gasteiger partial charge in [-0.25, -0.2) is 24.9 Å². The van der Waals surface area contributed by atoms with Crippen LogP contribution in [0.5, 0.6) is 0 Å². The van der Waals surface area contributed by atoms with Gasteiger partial charge in [0.2, 0.25) is 0 Å². The summed E-state index contributed by atoms with van der Waals surface area (Å²) in [6.07, 6.45) is 9.36. The molecule has 0 spiro atoms. The summed E-state index contributed by atoms with van der Waals surface area (Å²) in [6.45, 7) is 6.20. The van der Waals surface area contributed by atoms with Gasteiger partial charge in [0.25, 0.3) is 0 Å². The van der Waals surface area contributed by atoms with Crippen molar-refractivity contribution in [2.45, 2.75) is 32.6 Å². The smallest absolute Gasteiger partial charge is 0.163 e. The maximum Gasteiger partial charge on any atom is 0.163 e. The summed E-state index contributed by atoms with van der Waals surface area (Å²) in [6, 6.07) is 42.4. The third kappa shape index (κ3) is 6.07. The molecule has 0 saturated carbocycles. The Bertz CT molecular complexity index is 2370. The van der Waals surface area contributed by atoms with E-state index in [1.54, 1.807) is 0 Å². The predicted molar refractivity (Wildman–Crippen MR) is 200 cm³/mol. The van der Waals surface area contributed by atoms with Gasteiger partial charge in [0.05, 0.1) is 0 Å². The van der Waals surface area contributed by atoms with Crippen molar-refractivity contribution in [1.82, 2.24) is 24.9 Å². The Hall–Kier alpha value is -6.07. The first-order valence-corrected chi connectivity index (χ1v) is 16.6. The Balaban J connectivity index is 1.32. The average molecular weight is 634 g/mol. The number of benzene rings is 5. The van der Waals surface area contributed by atoms with Gasteiger partial charge in [-0.15, -0.1) is 0 Å². The Labute approximate surface area is 286 Å². The van der Waals surface area contributed by atoms with E-state index in [-0.39, 0.29) is 5.41 Å². The van der Waals surface area contributed by atoms with Crippen molar-refractivity contribution >= 4 is 10.8 Å². The molecule has 0 fully saturated rings. The van der Waals surface area contributed by atoms with E-state index in [9.17, 15) is 0 Å². The first kappa shape index (κ1) is 30.3. The van der Waals surface area contributed by atoms with Gasteiger partial charge >= 0.3 is 0 Å². The Morgan fingerprint density at radius 2 is 1.10 bits per heavy atom. The Morgan fingerprint density at radius 3 is 1.86 bits per heavy atom. The van der Waals surface area contributed by atoms with Crippen LogP contribution in [0.4, 0.5) is 0 Å². The van der Waals surface area contributed by atoms with E-state index in [1.165, 1.54) is 10.8 Å². The van der Waals surface area contributed by atoms with Crippen LogP contribution < -0.4 is 0 Å². The third-order valence-corrected chi connectivity index (χ3v) is 9.18. The van der Waals surface area contributed by atoms with Crippen LogP contribution in [0.15, 0.2) is 146 Å². The molecule has 0 amide bonds. The van der Waals surface area contributed by atoms with Gasteiger partial charge in [-0.05, 0) is 84.5 Å². The lowest BCUT2D eigenvalue weighted by Gasteiger charge is -2.25. The van der Waals surface area contributed by atoms with Crippen molar-refractivity contribution in [3.63, 3.8) is 0 Å². The van der Waals surface area contributed by atoms with E-state index in [0.29, 0.717) is 11.6 Å². The monoisotopic (exact) mass is 633 g/mol. The molecule has 0 radical (unpaired) electrons. The number of hydrogen-bond donors (Lipinski definition) is 0. The molecular formula is C44H35N5. The van der Waals surface area contributed by atoms with Gasteiger partial charge in [-0.2, -0.15) is 0 Å². The first-order chi connectivity index (χ1) is 23.9. The lowest BCUT2D eigenvalue weighted by Crippen LogP contribution is -2.24. The largest absolute Gasteiger partial charge is 0.233 e. The highest BCUT2D eigenvalue weighted by Gasteiger charge is 2.29. The molecule has 0 saturated heterocycles. The summed E-state index contributed by atoms with van der Waals surface area (Å²) in [5.74, 6) is 2.81. The first-order valence-electron chi connectivity index (χ1n) is 16.6. The van der Waals surface area contributed by atoms with Gasteiger partial charge in [-0.3, -0.25) is 0 Å². The number of allylic oxidation sites excluding steroid dienone is 4. The molecule has 0 N–H and O–H groups in total. The molecule has 7 aromatic rings. The zero-order valence-corrected chi connectivity index (χ0v) is 27.8. The minimum atomic E-state index is -0.349. The molecule has 1 unspecified atom stereocenters. The van der Waals surface area contributed by atoms with E-state index in [2.05, 4.69) is 138 Å². The Kier molecular flexibility index (Phi) is 7.73. The summed E-state index contributed by atoms with van der Waals surface area (Å²) in [5.41, 5.74) is 8.86. The molecule has 49 heavy (non-hydrogen) atoms. The molecule has 2 aromatic heterocycles. The summed E-state index contributed by atoms with van der Waals surface area (Å²) < 4.78 is 0. The summed E-state index contributed by atoms with van der Waals surface area (Å²) in [5, 5.41) is 2.40. The average Bonchev–Trinajstić information content (AvgIpc) is 3.14. The number of rotatable bonds is 6. The number of aryl methyl sites for hydroxylation is 2. The minimum absolute atomic E-state index is 0.349. The fourth-order valence-electron chi connectivity index (χ4n) is 6.59. The predicted octanol–water partition coefficient (Wildman–Crippen LogP) is 10.5. The molecule has 1 aliphatic rings. The maximum absolute atomic E-state index is 5.20. The van der Waals surface area contributed by atoms with Crippen LogP contribution in [0, 0.1) is 13.8 Å². The molecule has 5 aromatic carbocycles. The van der Waals surface area contributed by atoms with Crippen molar-refractivity contribution < 1.29 is 0 Å². The van der Waals surface area contributed by atoms with Crippen LogP contribution >= 0.6 is 0 Å². The zero-order chi connectivity index (χ0) is 33.4. The highest BCUT2D eigenvalue weighted by atomic mass is 15.0. The standard InChI is InChI=1S/C44H35N5/c1-29-25-30(2)46-40(45-29)34-21-19-31(20-22-34)35-26-36(39-18-12-16-32-13-8-9-17-38(32)39)28-37(27-35)42-47-41(33-14-6-4-7-15-33)48-43(49-42)44(3)23-10-5-11-24-44/h4-23,25-28H,24H2,1-3H3. The van der Waals surface area contributed by atoms with Crippen molar-refractivity contribution in [2.75, 3.05) is 0 Å². The van der Waals surface area contributed by atoms with E-state index < -0.39 is 0 Å². The number of aromatic nitrogens is 5. The Morgan fingerprint density at radius 1 is 0.490 bits per heavy atom. The second-order valence-corrected chi connectivity index (χ2v) is 13.0. The van der Waals surface area contributed by atoms with Crippen LogP contribution in [0.25, 0.3) is 67.2 Å². The van der Waals surface area contributed by atoms with E-state index in [0.717, 1.165) is 68.4 Å². The molecule has 2 heterocycles. The van der Waals surface area contributed by atoms with Crippen LogP contribution in [0.2, 0.25) is 0 Å². The fraction of sp³-hybridized carbons (Fsp3) is 0.114. The third-order valence-electron chi connectivity index (χ3n) is 9.18. The van der Waals surface area contributed by atoms with Crippen molar-refractivity contribution in [3.8, 4) is 56.4 Å². The minimum Gasteiger partial charge on any atom is -0.233 e. The van der Waals surface area contributed by atoms with Gasteiger partial charge < -0.3 is 0 Å². The normalized spacial score (nSPS) is 15.5. The van der Waals surface area contributed by atoms with Crippen molar-refractivity contribution in [3.05, 3.63) is 163 Å². The highest BCUT2D eigenvalue weighted by Crippen LogP contribution is 2.37. The van der Waals surface area contributed by atoms with Crippen LogP contribution in [0.3, 0.4) is 0 Å². The SMILES string of the molecule is Cc1cc(C)nc(-c2ccc(-c3cc(-c4nc(-c5ccccc5)nc(C5(C)C=CC=CC5)n4)cc(-c4cccc5ccccc45)c3)cc2)n1. The van der Waals surface area contributed by atoms with Gasteiger partial charge in [0.15, 0.2) is 17.5 Å². The number of hydrogen-bond acceptors (Lipinski definition) is 5. The quantitative estimate of drug-likeness (QED) is 0.182. The van der Waals surface area contributed by atoms with Gasteiger partial charge in [0, 0.05) is 33.5 Å². The van der Waals surface area contributed by atoms with E-state index in [1.807, 2.05) is 38.1 Å². The molecule has 1 atom stereocenters. The molecular weight excluding hydrogens is 599 g/mol. The molecule has 5 heteroatoms. The molecule has 0 bridgehead atoms. The topological polar surface area (TPSA) is 64.5 Å². The second-order valence-electron chi connectivity index (χ2n) is 13.0. The number of nitrogens with zero attached hydrogens (tertiary/aromatic N) is 5. The molecule has 8 rings (SSSR count). The van der Waals surface area contributed by atoms with Crippen molar-refractivity contribution in [1.29, 1.82) is 0 Å². The fourth-order valence-corrected chi connectivity index (χ4v) is 6.59. The summed E-state index contributed by atoms with van der Waals surface area (Å²) in [4.78, 5) is 24.8. The lowest BCUT2D eigenvalue weighted by molar-refractivity contribution is 0.554. The van der Waals surface area contributed by atoms with E-state index in [4.69, 9.17) is 15.0 Å². The van der Waals surface area contributed by atoms with Crippen LogP contribution in [0.1, 0.15) is 30.6 Å². The highest BCUT2D eigenvalue weighted by molar-refractivity contribution is 5.98. The summed E-state index contributed by atoms with van der Waals surface area (Å²) >= 11 is 0. The molecule has 1 aliphatic carbocycles. The van der Waals surface area contributed by atoms with Crippen molar-refractivity contribution in [2.24, 2.45) is 0 Å². The second kappa shape index (κ2) is 12.5. The maximum atomic E-state index is 5.20. The molecule has 0 aliphatic heterocycles. The zero-order valence-electron chi connectivity index (χ0n) is 27.8. The number of fused-ring (bicyclic) bond motifs is 1.